The Bertz CT molecular complexity index is 3280. The van der Waals surface area contributed by atoms with E-state index in [9.17, 15) is 4.39 Å². The normalized spacial score (nSPS) is 11.5. The summed E-state index contributed by atoms with van der Waals surface area (Å²) in [5, 5.41) is 4.92. The number of halogens is 1. The van der Waals surface area contributed by atoms with Gasteiger partial charge in [0, 0.05) is 33.4 Å². The van der Waals surface area contributed by atoms with Crippen molar-refractivity contribution < 1.29 is 8.81 Å². The van der Waals surface area contributed by atoms with Crippen LogP contribution in [-0.4, -0.2) is 9.55 Å². The predicted molar refractivity (Wildman–Crippen MR) is 237 cm³/mol. The fraction of sp³-hybridized carbons (Fsp3) is 0. The topological polar surface area (TPSA) is 34.2 Å². The minimum atomic E-state index is -0.262. The quantitative estimate of drug-likeness (QED) is 0.163. The molecule has 274 valence electrons. The van der Waals surface area contributed by atoms with Crippen LogP contribution >= 0.6 is 0 Å². The third-order valence-electron chi connectivity index (χ3n) is 11.1. The lowest BCUT2D eigenvalue weighted by molar-refractivity contribution is 0.620. The fourth-order valence-electron chi connectivity index (χ4n) is 8.34. The number of hydrogen-bond donors (Lipinski definition) is 0. The van der Waals surface area contributed by atoms with E-state index in [1.807, 2.05) is 60.7 Å². The Kier molecular flexibility index (Phi) is 7.97. The summed E-state index contributed by atoms with van der Waals surface area (Å²) < 4.78 is 22.9. The average Bonchev–Trinajstić information content (AvgIpc) is 3.88. The van der Waals surface area contributed by atoms with Gasteiger partial charge in [0.2, 0.25) is 5.89 Å². The second-order valence-electron chi connectivity index (χ2n) is 14.5. The predicted octanol–water partition coefficient (Wildman–Crippen LogP) is 14.7. The molecule has 2 heterocycles. The molecular weight excluding hydrogens is 714 g/mol. The Balaban J connectivity index is 1.06. The van der Waals surface area contributed by atoms with Gasteiger partial charge in [0.25, 0.3) is 0 Å². The van der Waals surface area contributed by atoms with Gasteiger partial charge in [-0.2, -0.15) is 0 Å². The van der Waals surface area contributed by atoms with E-state index in [2.05, 4.69) is 143 Å². The van der Waals surface area contributed by atoms with Crippen molar-refractivity contribution in [2.45, 2.75) is 0 Å². The number of aromatic nitrogens is 2. The van der Waals surface area contributed by atoms with Gasteiger partial charge in [0.1, 0.15) is 11.3 Å². The summed E-state index contributed by atoms with van der Waals surface area (Å²) in [6.45, 7) is 0. The first kappa shape index (κ1) is 33.6. The molecule has 11 aromatic rings. The summed E-state index contributed by atoms with van der Waals surface area (Å²) in [5.74, 6) is 0.303. The summed E-state index contributed by atoms with van der Waals surface area (Å²) in [6, 6.07) is 70.2. The van der Waals surface area contributed by atoms with Gasteiger partial charge in [-0.1, -0.05) is 115 Å². The van der Waals surface area contributed by atoms with Crippen LogP contribution in [0.15, 0.2) is 211 Å². The molecule has 0 amide bonds. The van der Waals surface area contributed by atoms with Crippen LogP contribution in [0.4, 0.5) is 21.5 Å². The van der Waals surface area contributed by atoms with E-state index in [1.165, 1.54) is 44.7 Å². The highest BCUT2D eigenvalue weighted by Crippen LogP contribution is 2.43. The molecule has 9 aromatic carbocycles. The van der Waals surface area contributed by atoms with E-state index in [0.29, 0.717) is 11.5 Å². The molecule has 5 heteroatoms. The van der Waals surface area contributed by atoms with Crippen molar-refractivity contribution in [3.63, 3.8) is 0 Å². The monoisotopic (exact) mass is 747 g/mol. The number of oxazole rings is 1. The third kappa shape index (κ3) is 5.72. The van der Waals surface area contributed by atoms with Crippen molar-refractivity contribution in [2.75, 3.05) is 4.90 Å². The molecule has 0 bridgehead atoms. The molecule has 0 aliphatic heterocycles. The molecule has 4 nitrogen and oxygen atoms in total. The molecule has 11 rings (SSSR count). The van der Waals surface area contributed by atoms with Gasteiger partial charge < -0.3 is 13.9 Å². The van der Waals surface area contributed by atoms with Crippen molar-refractivity contribution >= 4 is 60.7 Å². The van der Waals surface area contributed by atoms with Gasteiger partial charge in [-0.3, -0.25) is 0 Å². The summed E-state index contributed by atoms with van der Waals surface area (Å²) in [4.78, 5) is 7.11. The van der Waals surface area contributed by atoms with Crippen LogP contribution in [-0.2, 0) is 0 Å². The van der Waals surface area contributed by atoms with Gasteiger partial charge in [0.15, 0.2) is 5.58 Å². The van der Waals surface area contributed by atoms with Crippen LogP contribution in [0.2, 0.25) is 0 Å². The number of benzene rings is 9. The highest BCUT2D eigenvalue weighted by atomic mass is 19.1. The minimum absolute atomic E-state index is 0.262. The van der Waals surface area contributed by atoms with Crippen molar-refractivity contribution in [3.05, 3.63) is 212 Å². The van der Waals surface area contributed by atoms with Gasteiger partial charge in [-0.05, 0) is 124 Å². The van der Waals surface area contributed by atoms with Gasteiger partial charge in [-0.25, -0.2) is 9.37 Å². The number of para-hydroxylation sites is 2. The SMILES string of the molecule is Fc1ccc(-c2cccc(N(c3ccc(-c4ccc5c(c4)c4c6ccccc6ccc4n5-c4ccccc4)cc3)c3cccc4nc(-c5ccccc5)oc34)c2)cc1. The lowest BCUT2D eigenvalue weighted by Gasteiger charge is -2.26. The van der Waals surface area contributed by atoms with Gasteiger partial charge in [0.05, 0.1) is 16.7 Å². The van der Waals surface area contributed by atoms with Crippen LogP contribution < -0.4 is 4.90 Å². The number of anilines is 3. The van der Waals surface area contributed by atoms with Crippen molar-refractivity contribution in [1.29, 1.82) is 0 Å². The highest BCUT2D eigenvalue weighted by molar-refractivity contribution is 6.22. The zero-order chi connectivity index (χ0) is 38.6. The maximum absolute atomic E-state index is 13.9. The van der Waals surface area contributed by atoms with E-state index >= 15 is 0 Å². The minimum Gasteiger partial charge on any atom is -0.434 e. The average molecular weight is 748 g/mol. The Morgan fingerprint density at radius 1 is 0.466 bits per heavy atom. The van der Waals surface area contributed by atoms with Crippen LogP contribution in [0, 0.1) is 5.82 Å². The smallest absolute Gasteiger partial charge is 0.227 e. The Labute approximate surface area is 334 Å². The summed E-state index contributed by atoms with van der Waals surface area (Å²) in [7, 11) is 0. The molecule has 0 spiro atoms. The van der Waals surface area contributed by atoms with E-state index in [-0.39, 0.29) is 5.82 Å². The number of hydrogen-bond acceptors (Lipinski definition) is 3. The molecule has 0 atom stereocenters. The summed E-state index contributed by atoms with van der Waals surface area (Å²) >= 11 is 0. The number of rotatable bonds is 7. The summed E-state index contributed by atoms with van der Waals surface area (Å²) in [6.07, 6.45) is 0. The Morgan fingerprint density at radius 3 is 1.93 bits per heavy atom. The molecule has 2 aromatic heterocycles. The van der Waals surface area contributed by atoms with E-state index in [4.69, 9.17) is 9.40 Å². The first-order valence-electron chi connectivity index (χ1n) is 19.4. The third-order valence-corrected chi connectivity index (χ3v) is 11.1. The molecule has 0 saturated heterocycles. The lowest BCUT2D eigenvalue weighted by atomic mass is 9.99. The maximum Gasteiger partial charge on any atom is 0.227 e. The fourth-order valence-corrected chi connectivity index (χ4v) is 8.34. The van der Waals surface area contributed by atoms with Crippen molar-refractivity contribution in [3.8, 4) is 39.4 Å². The number of nitrogens with zero attached hydrogens (tertiary/aromatic N) is 3. The van der Waals surface area contributed by atoms with E-state index in [1.54, 1.807) is 0 Å². The van der Waals surface area contributed by atoms with E-state index < -0.39 is 0 Å². The van der Waals surface area contributed by atoms with Gasteiger partial charge >= 0.3 is 0 Å². The first-order chi connectivity index (χ1) is 28.7. The molecule has 0 saturated carbocycles. The van der Waals surface area contributed by atoms with Gasteiger partial charge in [-0.15, -0.1) is 0 Å². The zero-order valence-electron chi connectivity index (χ0n) is 31.3. The molecule has 58 heavy (non-hydrogen) atoms. The largest absolute Gasteiger partial charge is 0.434 e. The molecule has 0 radical (unpaired) electrons. The van der Waals surface area contributed by atoms with E-state index in [0.717, 1.165) is 56.1 Å². The van der Waals surface area contributed by atoms with Crippen LogP contribution in [0.1, 0.15) is 0 Å². The Hall–Kier alpha value is -7.76. The maximum atomic E-state index is 13.9. The second kappa shape index (κ2) is 13.8. The molecular formula is C53H34FN3O. The second-order valence-corrected chi connectivity index (χ2v) is 14.5. The molecule has 0 fully saturated rings. The molecule has 0 aliphatic carbocycles. The molecule has 0 N–H and O–H groups in total. The van der Waals surface area contributed by atoms with Crippen LogP contribution in [0.25, 0.3) is 83.1 Å². The van der Waals surface area contributed by atoms with Crippen LogP contribution in [0.5, 0.6) is 0 Å². The molecule has 0 unspecified atom stereocenters. The molecule has 0 aliphatic rings. The standard InChI is InChI=1S/C53H34FN3O/c54-41-27-21-35(22-28-41)39-14-9-17-44(33-39)56(50-20-10-19-47-52(50)58-53(55-47)38-12-3-1-4-13-38)43-29-23-36(24-30-43)40-26-31-48-46(34-40)51-45-18-8-7-11-37(45)25-32-49(51)57(48)42-15-5-2-6-16-42/h1-34H. The first-order valence-corrected chi connectivity index (χ1v) is 19.4. The lowest BCUT2D eigenvalue weighted by Crippen LogP contribution is -2.10. The Morgan fingerprint density at radius 2 is 1.12 bits per heavy atom. The van der Waals surface area contributed by atoms with Crippen LogP contribution in [0.3, 0.4) is 0 Å². The van der Waals surface area contributed by atoms with Crippen molar-refractivity contribution in [2.24, 2.45) is 0 Å². The van der Waals surface area contributed by atoms with Crippen molar-refractivity contribution in [1.82, 2.24) is 9.55 Å². The summed E-state index contributed by atoms with van der Waals surface area (Å²) in [5.41, 5.74) is 12.7. The zero-order valence-corrected chi connectivity index (χ0v) is 31.3. The number of fused-ring (bicyclic) bond motifs is 6. The highest BCUT2D eigenvalue weighted by Gasteiger charge is 2.21.